The lowest BCUT2D eigenvalue weighted by Gasteiger charge is -2.03. The van der Waals surface area contributed by atoms with Crippen molar-refractivity contribution in [1.29, 1.82) is 5.26 Å². The summed E-state index contributed by atoms with van der Waals surface area (Å²) in [7, 11) is 0. The van der Waals surface area contributed by atoms with Crippen LogP contribution in [0.1, 0.15) is 28.6 Å². The molecule has 7 heteroatoms. The summed E-state index contributed by atoms with van der Waals surface area (Å²) in [6, 6.07) is 15.7. The van der Waals surface area contributed by atoms with Gasteiger partial charge in [-0.2, -0.15) is 5.26 Å². The number of hydrogen-bond acceptors (Lipinski definition) is 6. The number of nitrogens with zero attached hydrogens (tertiary/aromatic N) is 2. The topological polar surface area (TPSA) is 105 Å². The van der Waals surface area contributed by atoms with Crippen LogP contribution in [0.2, 0.25) is 0 Å². The molecule has 0 unspecified atom stereocenters. The van der Waals surface area contributed by atoms with E-state index in [2.05, 4.69) is 10.3 Å². The molecule has 3 rings (SSSR count). The van der Waals surface area contributed by atoms with Crippen LogP contribution in [0.3, 0.4) is 0 Å². The van der Waals surface area contributed by atoms with E-state index in [9.17, 15) is 14.9 Å². The van der Waals surface area contributed by atoms with Crippen molar-refractivity contribution < 1.29 is 18.7 Å². The fraction of sp³-hybridized carbons (Fsp3) is 0.130. The Morgan fingerprint density at radius 3 is 2.67 bits per heavy atom. The molecular weight excluding hydrogens is 382 g/mol. The van der Waals surface area contributed by atoms with Crippen molar-refractivity contribution in [3.05, 3.63) is 83.4 Å². The van der Waals surface area contributed by atoms with Crippen molar-refractivity contribution in [3.63, 3.8) is 0 Å². The van der Waals surface area contributed by atoms with Gasteiger partial charge in [0.2, 0.25) is 0 Å². The maximum absolute atomic E-state index is 12.3. The minimum atomic E-state index is -0.502. The van der Waals surface area contributed by atoms with E-state index in [1.807, 2.05) is 12.1 Å². The molecule has 1 aromatic carbocycles. The van der Waals surface area contributed by atoms with Gasteiger partial charge in [0.05, 0.1) is 12.2 Å². The van der Waals surface area contributed by atoms with E-state index in [1.54, 1.807) is 61.8 Å². The number of aromatic nitrogens is 1. The highest BCUT2D eigenvalue weighted by Crippen LogP contribution is 2.24. The van der Waals surface area contributed by atoms with E-state index in [1.165, 1.54) is 6.08 Å². The Balaban J connectivity index is 1.69. The van der Waals surface area contributed by atoms with Gasteiger partial charge in [0.1, 0.15) is 23.2 Å². The molecule has 2 aromatic heterocycles. The second kappa shape index (κ2) is 9.85. The predicted octanol–water partition coefficient (Wildman–Crippen LogP) is 3.74. The fourth-order valence-corrected chi connectivity index (χ4v) is 2.64. The summed E-state index contributed by atoms with van der Waals surface area (Å²) < 4.78 is 10.7. The third-order valence-electron chi connectivity index (χ3n) is 4.13. The van der Waals surface area contributed by atoms with Crippen molar-refractivity contribution >= 4 is 18.0 Å². The molecule has 0 saturated carbocycles. The number of ether oxygens (including phenoxy) is 1. The van der Waals surface area contributed by atoms with Crippen LogP contribution in [0.5, 0.6) is 0 Å². The molecule has 1 N–H and O–H groups in total. The molecule has 0 aliphatic heterocycles. The van der Waals surface area contributed by atoms with Crippen LogP contribution in [-0.2, 0) is 16.1 Å². The number of carbonyl (C=O) groups excluding carboxylic acids is 2. The SMILES string of the molecule is CCOC(=O)c1ccc(-c2ccc(/C=C(\C#N)C(=O)NCc3cccnc3)o2)cc1. The second-order valence-electron chi connectivity index (χ2n) is 6.21. The van der Waals surface area contributed by atoms with Crippen LogP contribution in [0.4, 0.5) is 0 Å². The number of benzene rings is 1. The zero-order valence-corrected chi connectivity index (χ0v) is 16.3. The number of nitrogens with one attached hydrogen (secondary N) is 1. The number of furan rings is 1. The average molecular weight is 401 g/mol. The number of hydrogen-bond donors (Lipinski definition) is 1. The van der Waals surface area contributed by atoms with Gasteiger partial charge < -0.3 is 14.5 Å². The summed E-state index contributed by atoms with van der Waals surface area (Å²) in [6.07, 6.45) is 4.67. The van der Waals surface area contributed by atoms with E-state index in [0.717, 1.165) is 11.1 Å². The highest BCUT2D eigenvalue weighted by molar-refractivity contribution is 6.01. The number of esters is 1. The highest BCUT2D eigenvalue weighted by Gasteiger charge is 2.12. The molecule has 0 bridgehead atoms. The lowest BCUT2D eigenvalue weighted by molar-refractivity contribution is -0.117. The van der Waals surface area contributed by atoms with Crippen molar-refractivity contribution in [3.8, 4) is 17.4 Å². The van der Waals surface area contributed by atoms with Gasteiger partial charge in [-0.15, -0.1) is 0 Å². The minimum absolute atomic E-state index is 0.0718. The molecule has 0 aliphatic rings. The van der Waals surface area contributed by atoms with Crippen LogP contribution in [-0.4, -0.2) is 23.5 Å². The van der Waals surface area contributed by atoms with Gasteiger partial charge in [0.25, 0.3) is 5.91 Å². The Morgan fingerprint density at radius 2 is 2.00 bits per heavy atom. The molecule has 0 aliphatic carbocycles. The molecular formula is C23H19N3O4. The Labute approximate surface area is 173 Å². The van der Waals surface area contributed by atoms with Crippen molar-refractivity contribution in [1.82, 2.24) is 10.3 Å². The first-order chi connectivity index (χ1) is 14.6. The average Bonchev–Trinajstić information content (AvgIpc) is 3.25. The third-order valence-corrected chi connectivity index (χ3v) is 4.13. The molecule has 2 heterocycles. The van der Waals surface area contributed by atoms with E-state index in [4.69, 9.17) is 9.15 Å². The summed E-state index contributed by atoms with van der Waals surface area (Å²) in [6.45, 7) is 2.33. The number of carbonyl (C=O) groups is 2. The Kier molecular flexibility index (Phi) is 6.74. The van der Waals surface area contributed by atoms with Crippen LogP contribution in [0.15, 0.2) is 70.9 Å². The summed E-state index contributed by atoms with van der Waals surface area (Å²) in [5.41, 5.74) is 1.96. The van der Waals surface area contributed by atoms with E-state index >= 15 is 0 Å². The van der Waals surface area contributed by atoms with Crippen LogP contribution in [0, 0.1) is 11.3 Å². The lowest BCUT2D eigenvalue weighted by Crippen LogP contribution is -2.23. The Bertz CT molecular complexity index is 1090. The van der Waals surface area contributed by atoms with Crippen LogP contribution in [0.25, 0.3) is 17.4 Å². The molecule has 0 saturated heterocycles. The van der Waals surface area contributed by atoms with Gasteiger partial charge >= 0.3 is 5.97 Å². The van der Waals surface area contributed by atoms with Crippen molar-refractivity contribution in [2.24, 2.45) is 0 Å². The summed E-state index contributed by atoms with van der Waals surface area (Å²) in [4.78, 5) is 28.0. The normalized spacial score (nSPS) is 10.9. The van der Waals surface area contributed by atoms with Gasteiger partial charge in [-0.25, -0.2) is 4.79 Å². The lowest BCUT2D eigenvalue weighted by atomic mass is 10.1. The van der Waals surface area contributed by atoms with Crippen LogP contribution < -0.4 is 5.32 Å². The predicted molar refractivity (Wildman–Crippen MR) is 110 cm³/mol. The Morgan fingerprint density at radius 1 is 1.20 bits per heavy atom. The van der Waals surface area contributed by atoms with Crippen LogP contribution >= 0.6 is 0 Å². The molecule has 7 nitrogen and oxygen atoms in total. The highest BCUT2D eigenvalue weighted by atomic mass is 16.5. The zero-order valence-electron chi connectivity index (χ0n) is 16.3. The first kappa shape index (κ1) is 20.6. The van der Waals surface area contributed by atoms with E-state index < -0.39 is 5.91 Å². The van der Waals surface area contributed by atoms with Crippen molar-refractivity contribution in [2.45, 2.75) is 13.5 Å². The fourth-order valence-electron chi connectivity index (χ4n) is 2.64. The number of rotatable bonds is 7. The Hall–Kier alpha value is -4.18. The quantitative estimate of drug-likeness (QED) is 0.367. The molecule has 0 radical (unpaired) electrons. The molecule has 30 heavy (non-hydrogen) atoms. The first-order valence-corrected chi connectivity index (χ1v) is 9.27. The van der Waals surface area contributed by atoms with Gasteiger partial charge in [-0.3, -0.25) is 9.78 Å². The summed E-state index contributed by atoms with van der Waals surface area (Å²) >= 11 is 0. The molecule has 0 fully saturated rings. The van der Waals surface area contributed by atoms with E-state index in [0.29, 0.717) is 23.7 Å². The van der Waals surface area contributed by atoms with Gasteiger partial charge in [0, 0.05) is 30.6 Å². The zero-order chi connectivity index (χ0) is 21.3. The largest absolute Gasteiger partial charge is 0.462 e. The second-order valence-corrected chi connectivity index (χ2v) is 6.21. The first-order valence-electron chi connectivity index (χ1n) is 9.27. The van der Waals surface area contributed by atoms with Gasteiger partial charge in [-0.1, -0.05) is 18.2 Å². The summed E-state index contributed by atoms with van der Waals surface area (Å²) in [5.74, 6) is 0.0263. The van der Waals surface area contributed by atoms with Crippen molar-refractivity contribution in [2.75, 3.05) is 6.61 Å². The monoisotopic (exact) mass is 401 g/mol. The third kappa shape index (κ3) is 5.20. The van der Waals surface area contributed by atoms with Gasteiger partial charge in [0.15, 0.2) is 0 Å². The summed E-state index contributed by atoms with van der Waals surface area (Å²) in [5, 5.41) is 12.0. The molecule has 150 valence electrons. The van der Waals surface area contributed by atoms with Gasteiger partial charge in [-0.05, 0) is 42.8 Å². The smallest absolute Gasteiger partial charge is 0.338 e. The maximum atomic E-state index is 12.3. The molecule has 0 spiro atoms. The molecule has 3 aromatic rings. The minimum Gasteiger partial charge on any atom is -0.462 e. The number of pyridine rings is 1. The number of nitriles is 1. The van der Waals surface area contributed by atoms with E-state index in [-0.39, 0.29) is 18.1 Å². The number of amides is 1. The maximum Gasteiger partial charge on any atom is 0.338 e. The molecule has 0 atom stereocenters. The standard InChI is InChI=1S/C23H19N3O4/c1-2-29-23(28)18-7-5-17(6-8-18)21-10-9-20(30-21)12-19(13-24)22(27)26-15-16-4-3-11-25-14-16/h3-12,14H,2,15H2,1H3,(H,26,27)/b19-12+. The molecule has 1 amide bonds.